The Morgan fingerprint density at radius 3 is 1.70 bits per heavy atom. The van der Waals surface area contributed by atoms with E-state index in [1.807, 2.05) is 6.82 Å². The van der Waals surface area contributed by atoms with Crippen LogP contribution in [0.5, 0.6) is 0 Å². The van der Waals surface area contributed by atoms with Gasteiger partial charge in [-0.2, -0.15) is 0 Å². The minimum Gasteiger partial charge on any atom is -0.465 e. The molecule has 0 amide bonds. The van der Waals surface area contributed by atoms with E-state index in [0.29, 0.717) is 7.28 Å². The molecule has 0 spiro atoms. The number of carbonyl (C=O) groups excluding carboxylic acids is 3. The maximum Gasteiger partial charge on any atom is 0.319 e. The van der Waals surface area contributed by atoms with Gasteiger partial charge in [0.15, 0.2) is 0 Å². The van der Waals surface area contributed by atoms with E-state index in [4.69, 9.17) is 14.2 Å². The van der Waals surface area contributed by atoms with Gasteiger partial charge in [-0.1, -0.05) is 43.5 Å². The third kappa shape index (κ3) is 9.63. The molecular weight excluding hydrogens is 367 g/mol. The summed E-state index contributed by atoms with van der Waals surface area (Å²) in [6.07, 6.45) is 0. The lowest BCUT2D eigenvalue weighted by Gasteiger charge is -2.19. The summed E-state index contributed by atoms with van der Waals surface area (Å²) in [4.78, 5) is 34.3. The summed E-state index contributed by atoms with van der Waals surface area (Å²) in [5.74, 6) is -1.90. The molecule has 0 aromatic heterocycles. The molecule has 0 bridgehead atoms. The van der Waals surface area contributed by atoms with Gasteiger partial charge in [0.05, 0.1) is 11.8 Å². The quantitative estimate of drug-likeness (QED) is 0.245. The normalized spacial score (nSPS) is 14.6. The Kier molecular flexibility index (Phi) is 11.0. The van der Waals surface area contributed by atoms with Gasteiger partial charge in [0.25, 0.3) is 0 Å². The molecule has 132 valence electrons. The predicted molar refractivity (Wildman–Crippen MR) is 92.0 cm³/mol. The van der Waals surface area contributed by atoms with Crippen LogP contribution in [0.3, 0.4) is 0 Å². The standard InChI is InChI=1S/C15H26BBrO6/c1-9(2)13(18)21-6-12(8-23-15(20)11(4)17)7-22-14(19)10(3)16-5/h9-12,16H,6-8H2,1-5H3. The predicted octanol–water partition coefficient (Wildman–Crippen LogP) is 1.96. The van der Waals surface area contributed by atoms with Crippen molar-refractivity contribution in [2.75, 3.05) is 19.8 Å². The molecular formula is C15H26BBrO6. The molecule has 0 heterocycles. The lowest BCUT2D eigenvalue weighted by molar-refractivity contribution is -0.154. The van der Waals surface area contributed by atoms with Gasteiger partial charge >= 0.3 is 17.9 Å². The molecule has 8 heteroatoms. The van der Waals surface area contributed by atoms with Crippen LogP contribution in [0, 0.1) is 11.8 Å². The number of hydrogen-bond acceptors (Lipinski definition) is 6. The first-order valence-corrected chi connectivity index (χ1v) is 8.74. The van der Waals surface area contributed by atoms with Crippen molar-refractivity contribution < 1.29 is 28.6 Å². The number of halogens is 1. The minimum atomic E-state index is -0.427. The fraction of sp³-hybridized carbons (Fsp3) is 0.800. The number of carbonyl (C=O) groups is 3. The van der Waals surface area contributed by atoms with Crippen molar-refractivity contribution in [3.8, 4) is 0 Å². The molecule has 23 heavy (non-hydrogen) atoms. The van der Waals surface area contributed by atoms with Crippen molar-refractivity contribution in [1.29, 1.82) is 0 Å². The summed E-state index contributed by atoms with van der Waals surface area (Å²) >= 11 is 3.12. The van der Waals surface area contributed by atoms with Crippen LogP contribution in [0.1, 0.15) is 27.7 Å². The Balaban J connectivity index is 4.50. The van der Waals surface area contributed by atoms with E-state index in [2.05, 4.69) is 15.9 Å². The van der Waals surface area contributed by atoms with Gasteiger partial charge in [-0.3, -0.25) is 14.4 Å². The van der Waals surface area contributed by atoms with Crippen LogP contribution < -0.4 is 0 Å². The zero-order valence-electron chi connectivity index (χ0n) is 14.5. The van der Waals surface area contributed by atoms with Crippen molar-refractivity contribution in [2.24, 2.45) is 11.8 Å². The molecule has 0 N–H and O–H groups in total. The van der Waals surface area contributed by atoms with E-state index in [9.17, 15) is 14.4 Å². The molecule has 3 atom stereocenters. The van der Waals surface area contributed by atoms with Crippen LogP contribution in [0.2, 0.25) is 12.6 Å². The number of alkyl halides is 1. The second-order valence-electron chi connectivity index (χ2n) is 5.84. The molecule has 0 fully saturated rings. The van der Waals surface area contributed by atoms with Gasteiger partial charge in [-0.15, -0.1) is 0 Å². The summed E-state index contributed by atoms with van der Waals surface area (Å²) in [5, 5.41) is 0. The molecule has 3 unspecified atom stereocenters. The van der Waals surface area contributed by atoms with Gasteiger partial charge in [-0.25, -0.2) is 0 Å². The Labute approximate surface area is 147 Å². The SMILES string of the molecule is CBC(C)C(=O)OCC(COC(=O)C(C)C)COC(=O)C(C)Br. The molecule has 0 aliphatic rings. The topological polar surface area (TPSA) is 78.9 Å². The van der Waals surface area contributed by atoms with Crippen molar-refractivity contribution >= 4 is 41.1 Å². The molecule has 0 rings (SSSR count). The first-order valence-electron chi connectivity index (χ1n) is 7.82. The summed E-state index contributed by atoms with van der Waals surface area (Å²) in [6.45, 7) is 8.88. The lowest BCUT2D eigenvalue weighted by atomic mass is 9.68. The number of ether oxygens (including phenoxy) is 3. The smallest absolute Gasteiger partial charge is 0.319 e. The van der Waals surface area contributed by atoms with Crippen molar-refractivity contribution in [3.63, 3.8) is 0 Å². The lowest BCUT2D eigenvalue weighted by Crippen LogP contribution is -2.29. The zero-order chi connectivity index (χ0) is 18.0. The van der Waals surface area contributed by atoms with E-state index in [-0.39, 0.29) is 49.4 Å². The molecule has 0 aliphatic heterocycles. The van der Waals surface area contributed by atoms with Gasteiger partial charge < -0.3 is 14.2 Å². The summed E-state index contributed by atoms with van der Waals surface area (Å²) in [6, 6.07) is 0. The first kappa shape index (κ1) is 22.0. The van der Waals surface area contributed by atoms with Crippen LogP contribution in [0.15, 0.2) is 0 Å². The highest BCUT2D eigenvalue weighted by Gasteiger charge is 2.21. The van der Waals surface area contributed by atoms with E-state index >= 15 is 0 Å². The van der Waals surface area contributed by atoms with Crippen molar-refractivity contribution in [3.05, 3.63) is 0 Å². The molecule has 0 aromatic carbocycles. The van der Waals surface area contributed by atoms with Crippen molar-refractivity contribution in [2.45, 2.75) is 45.2 Å². The van der Waals surface area contributed by atoms with Crippen molar-refractivity contribution in [1.82, 2.24) is 0 Å². The highest BCUT2D eigenvalue weighted by molar-refractivity contribution is 9.10. The van der Waals surface area contributed by atoms with Gasteiger partial charge in [0.2, 0.25) is 0 Å². The summed E-state index contributed by atoms with van der Waals surface area (Å²) in [7, 11) is 0.682. The van der Waals surface area contributed by atoms with E-state index < -0.39 is 10.8 Å². The van der Waals surface area contributed by atoms with Gasteiger partial charge in [0, 0.05) is 5.82 Å². The first-order chi connectivity index (χ1) is 10.7. The van der Waals surface area contributed by atoms with Crippen LogP contribution in [0.4, 0.5) is 0 Å². The Bertz CT molecular complexity index is 375. The monoisotopic (exact) mass is 392 g/mol. The second kappa shape index (κ2) is 11.5. The highest BCUT2D eigenvalue weighted by Crippen LogP contribution is 2.10. The van der Waals surface area contributed by atoms with Crippen LogP contribution >= 0.6 is 15.9 Å². The molecule has 0 aromatic rings. The fourth-order valence-electron chi connectivity index (χ4n) is 1.33. The molecule has 0 aliphatic carbocycles. The van der Waals surface area contributed by atoms with E-state index in [1.54, 1.807) is 27.7 Å². The summed E-state index contributed by atoms with van der Waals surface area (Å²) in [5.41, 5.74) is 0. The second-order valence-corrected chi connectivity index (χ2v) is 7.21. The highest BCUT2D eigenvalue weighted by atomic mass is 79.9. The molecule has 0 saturated carbocycles. The molecule has 0 saturated heterocycles. The number of esters is 3. The van der Waals surface area contributed by atoms with Gasteiger partial charge in [-0.05, 0) is 6.92 Å². The molecule has 6 nitrogen and oxygen atoms in total. The fourth-order valence-corrected chi connectivity index (χ4v) is 1.47. The number of hydrogen-bond donors (Lipinski definition) is 0. The maximum atomic E-state index is 11.7. The molecule has 0 radical (unpaired) electrons. The largest absolute Gasteiger partial charge is 0.465 e. The van der Waals surface area contributed by atoms with Crippen LogP contribution in [-0.4, -0.2) is 49.8 Å². The van der Waals surface area contributed by atoms with Gasteiger partial charge in [0.1, 0.15) is 31.9 Å². The third-order valence-electron chi connectivity index (χ3n) is 3.19. The van der Waals surface area contributed by atoms with E-state index in [1.165, 1.54) is 0 Å². The third-order valence-corrected chi connectivity index (χ3v) is 3.57. The minimum absolute atomic E-state index is 0.0218. The maximum absolute atomic E-state index is 11.7. The zero-order valence-corrected chi connectivity index (χ0v) is 16.1. The van der Waals surface area contributed by atoms with Crippen LogP contribution in [0.25, 0.3) is 0 Å². The average Bonchev–Trinajstić information content (AvgIpc) is 2.51. The summed E-state index contributed by atoms with van der Waals surface area (Å²) < 4.78 is 15.5. The average molecular weight is 393 g/mol. The Hall–Kier alpha value is -1.05. The Morgan fingerprint density at radius 2 is 1.30 bits per heavy atom. The van der Waals surface area contributed by atoms with Crippen LogP contribution in [-0.2, 0) is 28.6 Å². The van der Waals surface area contributed by atoms with E-state index in [0.717, 1.165) is 0 Å². The Morgan fingerprint density at radius 1 is 0.870 bits per heavy atom. The number of rotatable bonds is 10.